The molecule has 0 unspecified atom stereocenters. The van der Waals surface area contributed by atoms with E-state index < -0.39 is 6.10 Å². The van der Waals surface area contributed by atoms with Crippen LogP contribution in [0.15, 0.2) is 12.1 Å². The number of rotatable bonds is 5. The van der Waals surface area contributed by atoms with Crippen LogP contribution in [0.2, 0.25) is 0 Å². The summed E-state index contributed by atoms with van der Waals surface area (Å²) in [4.78, 5) is 2.28. The van der Waals surface area contributed by atoms with E-state index >= 15 is 0 Å². The summed E-state index contributed by atoms with van der Waals surface area (Å²) in [5.74, 6) is 0.520. The lowest BCUT2D eigenvalue weighted by atomic mass is 9.85. The number of aryl methyl sites for hydroxylation is 1. The van der Waals surface area contributed by atoms with Gasteiger partial charge in [0.2, 0.25) is 0 Å². The van der Waals surface area contributed by atoms with Gasteiger partial charge in [-0.1, -0.05) is 6.42 Å². The average molecular weight is 265 g/mol. The van der Waals surface area contributed by atoms with Gasteiger partial charge in [0.15, 0.2) is 0 Å². The fraction of sp³-hybridized carbons (Fsp3) is 0.625. The Kier molecular flexibility index (Phi) is 4.46. The maximum atomic E-state index is 13.7. The van der Waals surface area contributed by atoms with Gasteiger partial charge in [-0.05, 0) is 57.2 Å². The van der Waals surface area contributed by atoms with Crippen molar-refractivity contribution in [2.75, 3.05) is 18.0 Å². The van der Waals surface area contributed by atoms with Crippen LogP contribution in [0.3, 0.4) is 0 Å². The molecule has 0 amide bonds. The summed E-state index contributed by atoms with van der Waals surface area (Å²) in [6, 6.07) is 3.36. The quantitative estimate of drug-likeness (QED) is 0.875. The summed E-state index contributed by atoms with van der Waals surface area (Å²) in [5.41, 5.74) is 2.33. The molecule has 1 aliphatic carbocycles. The molecule has 1 atom stereocenters. The zero-order valence-electron chi connectivity index (χ0n) is 12.1. The SMILES string of the molecule is CCN(CC1CCC1)c1cc(C)c(F)cc1[C@@H](C)O. The van der Waals surface area contributed by atoms with Gasteiger partial charge in [0.05, 0.1) is 6.10 Å². The first-order valence-electron chi connectivity index (χ1n) is 7.26. The van der Waals surface area contributed by atoms with Gasteiger partial charge in [-0.2, -0.15) is 0 Å². The van der Waals surface area contributed by atoms with E-state index in [2.05, 4.69) is 11.8 Å². The first-order valence-corrected chi connectivity index (χ1v) is 7.26. The third-order valence-electron chi connectivity index (χ3n) is 4.18. The topological polar surface area (TPSA) is 23.5 Å². The molecule has 0 spiro atoms. The lowest BCUT2D eigenvalue weighted by Gasteiger charge is -2.34. The lowest BCUT2D eigenvalue weighted by molar-refractivity contribution is 0.199. The highest BCUT2D eigenvalue weighted by molar-refractivity contribution is 5.56. The molecule has 0 aliphatic heterocycles. The van der Waals surface area contributed by atoms with Crippen LogP contribution >= 0.6 is 0 Å². The van der Waals surface area contributed by atoms with Crippen molar-refractivity contribution in [1.82, 2.24) is 0 Å². The van der Waals surface area contributed by atoms with Crippen molar-refractivity contribution >= 4 is 5.69 Å². The number of hydrogen-bond donors (Lipinski definition) is 1. The second kappa shape index (κ2) is 5.91. The number of anilines is 1. The number of hydrogen-bond acceptors (Lipinski definition) is 2. The van der Waals surface area contributed by atoms with Gasteiger partial charge in [0.25, 0.3) is 0 Å². The first-order chi connectivity index (χ1) is 9.02. The molecule has 1 fully saturated rings. The second-order valence-electron chi connectivity index (χ2n) is 5.67. The Morgan fingerprint density at radius 1 is 1.42 bits per heavy atom. The van der Waals surface area contributed by atoms with Gasteiger partial charge < -0.3 is 10.0 Å². The molecule has 0 bridgehead atoms. The van der Waals surface area contributed by atoms with Gasteiger partial charge in [-0.3, -0.25) is 0 Å². The van der Waals surface area contributed by atoms with Crippen molar-refractivity contribution in [2.45, 2.75) is 46.1 Å². The fourth-order valence-electron chi connectivity index (χ4n) is 2.67. The van der Waals surface area contributed by atoms with E-state index in [4.69, 9.17) is 0 Å². The molecule has 0 saturated heterocycles. The number of aliphatic hydroxyl groups excluding tert-OH is 1. The Balaban J connectivity index is 2.31. The normalized spacial score (nSPS) is 17.1. The maximum Gasteiger partial charge on any atom is 0.126 e. The molecule has 106 valence electrons. The highest BCUT2D eigenvalue weighted by Gasteiger charge is 2.23. The minimum absolute atomic E-state index is 0.237. The van der Waals surface area contributed by atoms with Crippen LogP contribution in [0.4, 0.5) is 10.1 Å². The first kappa shape index (κ1) is 14.3. The average Bonchev–Trinajstić information content (AvgIpc) is 2.31. The summed E-state index contributed by atoms with van der Waals surface area (Å²) in [6.45, 7) is 7.50. The minimum Gasteiger partial charge on any atom is -0.389 e. The molecular formula is C16H24FNO. The van der Waals surface area contributed by atoms with E-state index in [1.807, 2.05) is 6.07 Å². The molecule has 2 rings (SSSR count). The van der Waals surface area contributed by atoms with Crippen LogP contribution in [0.5, 0.6) is 0 Å². The van der Waals surface area contributed by atoms with Crippen LogP contribution < -0.4 is 4.90 Å². The molecule has 0 heterocycles. The van der Waals surface area contributed by atoms with Gasteiger partial charge in [-0.25, -0.2) is 4.39 Å². The summed E-state index contributed by atoms with van der Waals surface area (Å²) in [7, 11) is 0. The van der Waals surface area contributed by atoms with E-state index in [0.717, 1.165) is 24.7 Å². The predicted octanol–water partition coefficient (Wildman–Crippen LogP) is 3.81. The van der Waals surface area contributed by atoms with Crippen molar-refractivity contribution in [3.63, 3.8) is 0 Å². The highest BCUT2D eigenvalue weighted by atomic mass is 19.1. The van der Waals surface area contributed by atoms with E-state index in [1.54, 1.807) is 13.8 Å². The summed E-state index contributed by atoms with van der Waals surface area (Å²) in [6.07, 6.45) is 3.27. The molecule has 0 aromatic heterocycles. The van der Waals surface area contributed by atoms with Crippen molar-refractivity contribution in [3.8, 4) is 0 Å². The number of nitrogens with zero attached hydrogens (tertiary/aromatic N) is 1. The molecule has 2 nitrogen and oxygen atoms in total. The van der Waals surface area contributed by atoms with Gasteiger partial charge in [-0.15, -0.1) is 0 Å². The molecule has 1 aliphatic rings. The number of benzene rings is 1. The third-order valence-corrected chi connectivity index (χ3v) is 4.18. The second-order valence-corrected chi connectivity index (χ2v) is 5.67. The van der Waals surface area contributed by atoms with E-state index in [0.29, 0.717) is 11.1 Å². The van der Waals surface area contributed by atoms with Crippen molar-refractivity contribution in [1.29, 1.82) is 0 Å². The molecule has 1 aromatic rings. The number of aliphatic hydroxyl groups is 1. The van der Waals surface area contributed by atoms with E-state index in [-0.39, 0.29) is 5.82 Å². The van der Waals surface area contributed by atoms with E-state index in [9.17, 15) is 9.50 Å². The van der Waals surface area contributed by atoms with E-state index in [1.165, 1.54) is 25.3 Å². The van der Waals surface area contributed by atoms with Crippen molar-refractivity contribution < 1.29 is 9.50 Å². The van der Waals surface area contributed by atoms with Crippen LogP contribution in [0, 0.1) is 18.7 Å². The summed E-state index contributed by atoms with van der Waals surface area (Å²) in [5, 5.41) is 9.88. The van der Waals surface area contributed by atoms with Crippen LogP contribution in [-0.4, -0.2) is 18.2 Å². The highest BCUT2D eigenvalue weighted by Crippen LogP contribution is 2.33. The standard InChI is InChI=1S/C16H24FNO/c1-4-18(10-13-6-5-7-13)16-8-11(2)15(17)9-14(16)12(3)19/h8-9,12-13,19H,4-7,10H2,1-3H3/t12-/m1/s1. The summed E-state index contributed by atoms with van der Waals surface area (Å²) >= 11 is 0. The Hall–Kier alpha value is -1.09. The predicted molar refractivity (Wildman–Crippen MR) is 77.0 cm³/mol. The van der Waals surface area contributed by atoms with Crippen molar-refractivity contribution in [3.05, 3.63) is 29.1 Å². The van der Waals surface area contributed by atoms with Gasteiger partial charge in [0.1, 0.15) is 5.82 Å². The zero-order valence-corrected chi connectivity index (χ0v) is 12.1. The molecule has 1 aromatic carbocycles. The van der Waals surface area contributed by atoms with Gasteiger partial charge >= 0.3 is 0 Å². The van der Waals surface area contributed by atoms with Crippen LogP contribution in [-0.2, 0) is 0 Å². The lowest BCUT2D eigenvalue weighted by Crippen LogP contribution is -2.33. The van der Waals surface area contributed by atoms with Gasteiger partial charge in [0, 0.05) is 24.3 Å². The monoisotopic (exact) mass is 265 g/mol. The summed E-state index contributed by atoms with van der Waals surface area (Å²) < 4.78 is 13.7. The number of halogens is 1. The Morgan fingerprint density at radius 2 is 2.11 bits per heavy atom. The van der Waals surface area contributed by atoms with Crippen LogP contribution in [0.25, 0.3) is 0 Å². The third kappa shape index (κ3) is 3.08. The Labute approximate surface area is 115 Å². The largest absolute Gasteiger partial charge is 0.389 e. The Morgan fingerprint density at radius 3 is 2.58 bits per heavy atom. The molecule has 3 heteroatoms. The molecule has 19 heavy (non-hydrogen) atoms. The maximum absolute atomic E-state index is 13.7. The smallest absolute Gasteiger partial charge is 0.126 e. The molecule has 1 N–H and O–H groups in total. The van der Waals surface area contributed by atoms with Crippen LogP contribution in [0.1, 0.15) is 50.3 Å². The Bertz CT molecular complexity index is 441. The fourth-order valence-corrected chi connectivity index (χ4v) is 2.67. The minimum atomic E-state index is -0.638. The van der Waals surface area contributed by atoms with Crippen molar-refractivity contribution in [2.24, 2.45) is 5.92 Å². The zero-order chi connectivity index (χ0) is 14.0. The molecule has 0 radical (unpaired) electrons. The molecular weight excluding hydrogens is 241 g/mol. The molecule has 1 saturated carbocycles.